The molecule has 1 amide bonds. The largest absolute Gasteiger partial charge is 0.383 e. The number of aromatic nitrogens is 1. The van der Waals surface area contributed by atoms with Crippen molar-refractivity contribution >= 4 is 40.8 Å². The van der Waals surface area contributed by atoms with Gasteiger partial charge in [-0.3, -0.25) is 4.79 Å². The fraction of sp³-hybridized carbons (Fsp3) is 0.176. The van der Waals surface area contributed by atoms with Gasteiger partial charge >= 0.3 is 0 Å². The smallest absolute Gasteiger partial charge is 0.234 e. The van der Waals surface area contributed by atoms with Crippen molar-refractivity contribution in [3.8, 4) is 12.1 Å². The molecule has 0 atom stereocenters. The Labute approximate surface area is 154 Å². The number of aryl methyl sites for hydroxylation is 2. The van der Waals surface area contributed by atoms with Gasteiger partial charge in [-0.1, -0.05) is 29.4 Å². The maximum atomic E-state index is 12.2. The van der Waals surface area contributed by atoms with Gasteiger partial charge in [0.2, 0.25) is 5.91 Å². The highest BCUT2D eigenvalue weighted by molar-refractivity contribution is 8.00. The number of carbonyl (C=O) groups is 1. The van der Waals surface area contributed by atoms with Crippen LogP contribution >= 0.6 is 23.4 Å². The Bertz CT molecular complexity index is 907. The maximum absolute atomic E-state index is 12.2. The predicted molar refractivity (Wildman–Crippen MR) is 98.4 cm³/mol. The Morgan fingerprint density at radius 3 is 2.56 bits per heavy atom. The number of nitriles is 2. The highest BCUT2D eigenvalue weighted by Gasteiger charge is 2.14. The van der Waals surface area contributed by atoms with Crippen LogP contribution in [-0.2, 0) is 4.79 Å². The first-order valence-corrected chi connectivity index (χ1v) is 8.52. The van der Waals surface area contributed by atoms with E-state index in [2.05, 4.69) is 10.3 Å². The predicted octanol–water partition coefficient (Wildman–Crippen LogP) is 3.41. The first kappa shape index (κ1) is 18.6. The van der Waals surface area contributed by atoms with Crippen molar-refractivity contribution in [1.29, 1.82) is 10.5 Å². The summed E-state index contributed by atoms with van der Waals surface area (Å²) in [4.78, 5) is 16.2. The van der Waals surface area contributed by atoms with Crippen LogP contribution in [0.25, 0.3) is 0 Å². The first-order chi connectivity index (χ1) is 11.8. The second kappa shape index (κ2) is 7.89. The molecule has 0 unspecified atom stereocenters. The van der Waals surface area contributed by atoms with E-state index in [-0.39, 0.29) is 28.6 Å². The van der Waals surface area contributed by atoms with Crippen molar-refractivity contribution in [2.75, 3.05) is 16.8 Å². The van der Waals surface area contributed by atoms with Crippen LogP contribution in [0.5, 0.6) is 0 Å². The third kappa shape index (κ3) is 4.42. The third-order valence-corrected chi connectivity index (χ3v) is 4.58. The van der Waals surface area contributed by atoms with Crippen molar-refractivity contribution in [2.24, 2.45) is 0 Å². The van der Waals surface area contributed by atoms with Gasteiger partial charge in [-0.2, -0.15) is 10.5 Å². The fourth-order valence-corrected chi connectivity index (χ4v) is 3.30. The summed E-state index contributed by atoms with van der Waals surface area (Å²) >= 11 is 7.24. The summed E-state index contributed by atoms with van der Waals surface area (Å²) in [5, 5.41) is 21.6. The number of halogens is 1. The molecule has 0 saturated heterocycles. The van der Waals surface area contributed by atoms with Gasteiger partial charge in [0.1, 0.15) is 23.0 Å². The number of hydrogen-bond donors (Lipinski definition) is 2. The molecule has 25 heavy (non-hydrogen) atoms. The summed E-state index contributed by atoms with van der Waals surface area (Å²) in [6, 6.07) is 8.88. The molecule has 0 aliphatic heterocycles. The molecule has 3 N–H and O–H groups in total. The highest BCUT2D eigenvalue weighted by Crippen LogP contribution is 2.28. The Balaban J connectivity index is 2.13. The number of nitrogens with zero attached hydrogens (tertiary/aromatic N) is 3. The number of carbonyl (C=O) groups excluding carboxylic acids is 1. The maximum Gasteiger partial charge on any atom is 0.234 e. The molecular weight excluding hydrogens is 358 g/mol. The second-order valence-corrected chi connectivity index (χ2v) is 6.64. The van der Waals surface area contributed by atoms with E-state index in [0.29, 0.717) is 15.7 Å². The van der Waals surface area contributed by atoms with Crippen LogP contribution < -0.4 is 11.1 Å². The molecule has 2 aromatic rings. The molecule has 0 spiro atoms. The van der Waals surface area contributed by atoms with Crippen molar-refractivity contribution < 1.29 is 4.79 Å². The van der Waals surface area contributed by atoms with E-state index in [0.717, 1.165) is 22.9 Å². The molecule has 0 aliphatic carbocycles. The lowest BCUT2D eigenvalue weighted by molar-refractivity contribution is -0.113. The number of nitrogens with two attached hydrogens (primary N) is 1. The topological polar surface area (TPSA) is 116 Å². The van der Waals surface area contributed by atoms with Crippen LogP contribution in [0.1, 0.15) is 22.3 Å². The normalized spacial score (nSPS) is 9.96. The van der Waals surface area contributed by atoms with E-state index in [4.69, 9.17) is 27.9 Å². The fourth-order valence-electron chi connectivity index (χ4n) is 2.17. The molecule has 1 aromatic carbocycles. The number of anilines is 2. The van der Waals surface area contributed by atoms with Crippen molar-refractivity contribution in [3.05, 3.63) is 45.5 Å². The SMILES string of the molecule is Cc1cc(C)c(NC(=O)CSc2nc(N)c(C#N)cc2C#N)c(Cl)c1. The van der Waals surface area contributed by atoms with E-state index >= 15 is 0 Å². The van der Waals surface area contributed by atoms with Gasteiger partial charge in [0.15, 0.2) is 0 Å². The van der Waals surface area contributed by atoms with Crippen LogP contribution in [0.2, 0.25) is 5.02 Å². The lowest BCUT2D eigenvalue weighted by atomic mass is 10.1. The zero-order valence-corrected chi connectivity index (χ0v) is 15.1. The minimum atomic E-state index is -0.285. The van der Waals surface area contributed by atoms with Crippen molar-refractivity contribution in [2.45, 2.75) is 18.9 Å². The molecule has 0 bridgehead atoms. The molecule has 1 heterocycles. The van der Waals surface area contributed by atoms with Gasteiger partial charge in [0.25, 0.3) is 0 Å². The number of nitrogen functional groups attached to an aromatic ring is 1. The summed E-state index contributed by atoms with van der Waals surface area (Å²) in [5.41, 5.74) is 8.43. The van der Waals surface area contributed by atoms with E-state index in [1.54, 1.807) is 6.07 Å². The Morgan fingerprint density at radius 2 is 1.96 bits per heavy atom. The lowest BCUT2D eigenvalue weighted by Crippen LogP contribution is -2.15. The summed E-state index contributed by atoms with van der Waals surface area (Å²) in [6.07, 6.45) is 0. The first-order valence-electron chi connectivity index (χ1n) is 7.15. The lowest BCUT2D eigenvalue weighted by Gasteiger charge is -2.11. The van der Waals surface area contributed by atoms with Crippen molar-refractivity contribution in [3.63, 3.8) is 0 Å². The quantitative estimate of drug-likeness (QED) is 0.795. The molecule has 6 nitrogen and oxygen atoms in total. The summed E-state index contributed by atoms with van der Waals surface area (Å²) < 4.78 is 0. The van der Waals surface area contributed by atoms with Crippen LogP contribution in [0, 0.1) is 36.5 Å². The molecule has 126 valence electrons. The number of thioether (sulfide) groups is 1. The standard InChI is InChI=1S/C17H14ClN5OS/c1-9-3-10(2)15(13(18)4-9)22-14(24)8-25-17-12(7-20)5-11(6-19)16(21)23-17/h3-5H,8H2,1-2H3,(H2,21,23)(H,22,24). The Morgan fingerprint density at radius 1 is 1.28 bits per heavy atom. The minimum absolute atomic E-state index is 0.0245. The molecule has 0 aliphatic rings. The third-order valence-electron chi connectivity index (χ3n) is 3.29. The van der Waals surface area contributed by atoms with E-state index in [1.807, 2.05) is 32.1 Å². The molecule has 0 fully saturated rings. The number of nitrogens with one attached hydrogen (secondary N) is 1. The van der Waals surface area contributed by atoms with Gasteiger partial charge in [-0.05, 0) is 37.1 Å². The molecule has 1 aromatic heterocycles. The number of rotatable bonds is 4. The molecule has 0 radical (unpaired) electrons. The van der Waals surface area contributed by atoms with Crippen LogP contribution in [0.3, 0.4) is 0 Å². The zero-order valence-electron chi connectivity index (χ0n) is 13.6. The number of hydrogen-bond acceptors (Lipinski definition) is 6. The summed E-state index contributed by atoms with van der Waals surface area (Å²) in [7, 11) is 0. The molecular formula is C17H14ClN5OS. The Hall–Kier alpha value is -2.74. The minimum Gasteiger partial charge on any atom is -0.383 e. The number of amides is 1. The van der Waals surface area contributed by atoms with E-state index in [1.165, 1.54) is 6.07 Å². The van der Waals surface area contributed by atoms with Gasteiger partial charge in [-0.15, -0.1) is 0 Å². The van der Waals surface area contributed by atoms with Gasteiger partial charge in [-0.25, -0.2) is 4.98 Å². The van der Waals surface area contributed by atoms with Crippen molar-refractivity contribution in [1.82, 2.24) is 4.98 Å². The molecule has 8 heteroatoms. The summed E-state index contributed by atoms with van der Waals surface area (Å²) in [6.45, 7) is 3.78. The number of benzene rings is 1. The highest BCUT2D eigenvalue weighted by atomic mass is 35.5. The Kier molecular flexibility index (Phi) is 5.87. The number of pyridine rings is 1. The van der Waals surface area contributed by atoms with Gasteiger partial charge in [0, 0.05) is 0 Å². The van der Waals surface area contributed by atoms with Crippen LogP contribution in [0.15, 0.2) is 23.2 Å². The summed E-state index contributed by atoms with van der Waals surface area (Å²) in [5.74, 6) is -0.231. The molecule has 0 saturated carbocycles. The van der Waals surface area contributed by atoms with Crippen LogP contribution in [0.4, 0.5) is 11.5 Å². The van der Waals surface area contributed by atoms with E-state index < -0.39 is 0 Å². The molecule has 2 rings (SSSR count). The average molecular weight is 372 g/mol. The second-order valence-electron chi connectivity index (χ2n) is 5.27. The van der Waals surface area contributed by atoms with Gasteiger partial charge in [0.05, 0.1) is 27.6 Å². The zero-order chi connectivity index (χ0) is 18.6. The average Bonchev–Trinajstić information content (AvgIpc) is 2.56. The monoisotopic (exact) mass is 371 g/mol. The van der Waals surface area contributed by atoms with Crippen LogP contribution in [-0.4, -0.2) is 16.6 Å². The van der Waals surface area contributed by atoms with E-state index in [9.17, 15) is 4.79 Å². The van der Waals surface area contributed by atoms with Gasteiger partial charge < -0.3 is 11.1 Å².